The van der Waals surface area contributed by atoms with Crippen molar-refractivity contribution in [3.05, 3.63) is 95.1 Å². The van der Waals surface area contributed by atoms with Gasteiger partial charge in [0.2, 0.25) is 0 Å². The van der Waals surface area contributed by atoms with Crippen LogP contribution in [0.15, 0.2) is 72.8 Å². The predicted molar refractivity (Wildman–Crippen MR) is 158 cm³/mol. The lowest BCUT2D eigenvalue weighted by Gasteiger charge is -2.02. The summed E-state index contributed by atoms with van der Waals surface area (Å²) in [5, 5.41) is 38.4. The second-order valence-electron chi connectivity index (χ2n) is 8.94. The second-order valence-corrected chi connectivity index (χ2v) is 12.1. The molecule has 0 fully saturated rings. The molecule has 0 spiro atoms. The van der Waals surface area contributed by atoms with Crippen LogP contribution >= 0.6 is 34.0 Å². The van der Waals surface area contributed by atoms with Crippen LogP contribution in [-0.2, 0) is 22.4 Å². The van der Waals surface area contributed by atoms with Crippen molar-refractivity contribution < 1.29 is 39.6 Å². The molecule has 5 aromatic rings. The maximum atomic E-state index is 11.8. The van der Waals surface area contributed by atoms with Crippen LogP contribution in [-0.4, -0.2) is 44.3 Å². The number of hydrogen-bond acceptors (Lipinski definition) is 7. The van der Waals surface area contributed by atoms with Crippen LogP contribution in [0.1, 0.15) is 31.8 Å². The van der Waals surface area contributed by atoms with Crippen molar-refractivity contribution in [3.63, 3.8) is 0 Å². The number of carboxylic acid groups (broad SMARTS) is 4. The molecule has 4 N–H and O–H groups in total. The summed E-state index contributed by atoms with van der Waals surface area (Å²) in [5.74, 6) is -4.22. The van der Waals surface area contributed by atoms with Gasteiger partial charge in [0.25, 0.3) is 0 Å². The highest BCUT2D eigenvalue weighted by Crippen LogP contribution is 2.47. The Kier molecular flexibility index (Phi) is 7.84. The van der Waals surface area contributed by atoms with Crippen molar-refractivity contribution in [1.82, 2.24) is 0 Å². The summed E-state index contributed by atoms with van der Waals surface area (Å²) in [6.45, 7) is 0. The number of rotatable bonds is 10. The largest absolute Gasteiger partial charge is 0.481 e. The molecule has 11 heteroatoms. The van der Waals surface area contributed by atoms with E-state index in [2.05, 4.69) is 0 Å². The number of thiophene rings is 3. The average molecular weight is 605 g/mol. The Morgan fingerprint density at radius 1 is 0.512 bits per heavy atom. The molecule has 0 aliphatic rings. The number of carbonyl (C=O) groups is 4. The van der Waals surface area contributed by atoms with Gasteiger partial charge in [0.05, 0.1) is 24.0 Å². The molecule has 206 valence electrons. The van der Waals surface area contributed by atoms with Crippen LogP contribution in [0, 0.1) is 0 Å². The van der Waals surface area contributed by atoms with Crippen LogP contribution in [0.5, 0.6) is 0 Å². The molecule has 3 aromatic heterocycles. The van der Waals surface area contributed by atoms with Gasteiger partial charge < -0.3 is 20.4 Å². The predicted octanol–water partition coefficient (Wildman–Crippen LogP) is 7.19. The number of hydrogen-bond donors (Lipinski definition) is 4. The Hall–Kier alpha value is -4.58. The summed E-state index contributed by atoms with van der Waals surface area (Å²) in [6, 6.07) is 20.1. The highest BCUT2D eigenvalue weighted by molar-refractivity contribution is 7.28. The quantitative estimate of drug-likeness (QED) is 0.131. The molecular weight excluding hydrogens is 585 g/mol. The zero-order chi connectivity index (χ0) is 29.3. The number of carboxylic acids is 4. The molecule has 8 nitrogen and oxygen atoms in total. The van der Waals surface area contributed by atoms with Crippen molar-refractivity contribution in [3.8, 4) is 40.4 Å². The monoisotopic (exact) mass is 604 g/mol. The number of benzene rings is 2. The van der Waals surface area contributed by atoms with Gasteiger partial charge in [0.15, 0.2) is 0 Å². The molecule has 3 heterocycles. The van der Waals surface area contributed by atoms with E-state index in [4.69, 9.17) is 0 Å². The molecule has 0 saturated heterocycles. The van der Waals surface area contributed by atoms with Gasteiger partial charge in [-0.1, -0.05) is 36.4 Å². The first-order valence-electron chi connectivity index (χ1n) is 12.1. The molecule has 0 aliphatic heterocycles. The topological polar surface area (TPSA) is 149 Å². The van der Waals surface area contributed by atoms with Crippen LogP contribution < -0.4 is 0 Å². The minimum atomic E-state index is -1.09. The SMILES string of the molecule is O=C(O)Cc1cc(-c2ccccc2C(=O)O)sc1-c1ccc(-c2sc(-c3ccccc3C(=O)O)cc2CC(=O)O)s1. The highest BCUT2D eigenvalue weighted by Gasteiger charge is 2.22. The normalized spacial score (nSPS) is 10.9. The molecule has 2 aromatic carbocycles. The molecule has 0 saturated carbocycles. The molecule has 0 radical (unpaired) electrons. The molecule has 0 bridgehead atoms. The summed E-state index contributed by atoms with van der Waals surface area (Å²) in [5.41, 5.74) is 2.28. The van der Waals surface area contributed by atoms with Crippen molar-refractivity contribution in [2.45, 2.75) is 12.8 Å². The average Bonchev–Trinajstić information content (AvgIpc) is 3.66. The maximum absolute atomic E-state index is 11.8. The Bertz CT molecular complexity index is 1690. The van der Waals surface area contributed by atoms with Gasteiger partial charge >= 0.3 is 23.9 Å². The van der Waals surface area contributed by atoms with Crippen molar-refractivity contribution in [1.29, 1.82) is 0 Å². The third kappa shape index (κ3) is 5.82. The lowest BCUT2D eigenvalue weighted by Crippen LogP contribution is -2.00. The summed E-state index contributed by atoms with van der Waals surface area (Å²) in [6.07, 6.45) is -0.513. The molecule has 0 atom stereocenters. The Balaban J connectivity index is 1.61. The fourth-order valence-corrected chi connectivity index (χ4v) is 8.22. The zero-order valence-electron chi connectivity index (χ0n) is 21.0. The third-order valence-electron chi connectivity index (χ3n) is 6.20. The summed E-state index contributed by atoms with van der Waals surface area (Å²) >= 11 is 3.96. The molecule has 0 aliphatic carbocycles. The van der Waals surface area contributed by atoms with E-state index in [1.54, 1.807) is 48.5 Å². The van der Waals surface area contributed by atoms with E-state index in [0.717, 1.165) is 9.75 Å². The first-order valence-corrected chi connectivity index (χ1v) is 14.5. The van der Waals surface area contributed by atoms with Gasteiger partial charge in [-0.05, 0) is 47.5 Å². The van der Waals surface area contributed by atoms with Crippen LogP contribution in [0.25, 0.3) is 40.4 Å². The van der Waals surface area contributed by atoms with E-state index < -0.39 is 23.9 Å². The number of aliphatic carboxylic acids is 2. The van der Waals surface area contributed by atoms with Crippen molar-refractivity contribution in [2.75, 3.05) is 0 Å². The highest BCUT2D eigenvalue weighted by atomic mass is 32.1. The minimum Gasteiger partial charge on any atom is -0.481 e. The summed E-state index contributed by atoms with van der Waals surface area (Å²) < 4.78 is 0. The van der Waals surface area contributed by atoms with E-state index in [0.29, 0.717) is 41.8 Å². The molecule has 5 rings (SSSR count). The summed E-state index contributed by atoms with van der Waals surface area (Å²) in [7, 11) is 0. The summed E-state index contributed by atoms with van der Waals surface area (Å²) in [4.78, 5) is 51.1. The van der Waals surface area contributed by atoms with Gasteiger partial charge in [-0.15, -0.1) is 34.0 Å². The van der Waals surface area contributed by atoms with Crippen LogP contribution in [0.3, 0.4) is 0 Å². The Labute approximate surface area is 245 Å². The first-order chi connectivity index (χ1) is 19.6. The Morgan fingerprint density at radius 2 is 0.902 bits per heavy atom. The fraction of sp³-hybridized carbons (Fsp3) is 0.0667. The lowest BCUT2D eigenvalue weighted by molar-refractivity contribution is -0.137. The van der Waals surface area contributed by atoms with Crippen LogP contribution in [0.2, 0.25) is 0 Å². The van der Waals surface area contributed by atoms with Gasteiger partial charge in [-0.25, -0.2) is 9.59 Å². The minimum absolute atomic E-state index is 0.111. The molecular formula is C30H20O8S3. The van der Waals surface area contributed by atoms with E-state index >= 15 is 0 Å². The van der Waals surface area contributed by atoms with Crippen molar-refractivity contribution >= 4 is 57.9 Å². The van der Waals surface area contributed by atoms with Crippen molar-refractivity contribution in [2.24, 2.45) is 0 Å². The molecule has 41 heavy (non-hydrogen) atoms. The maximum Gasteiger partial charge on any atom is 0.336 e. The second kappa shape index (κ2) is 11.5. The van der Waals surface area contributed by atoms with Gasteiger partial charge in [0.1, 0.15) is 0 Å². The fourth-order valence-electron chi connectivity index (χ4n) is 4.48. The number of aromatic carboxylic acids is 2. The van der Waals surface area contributed by atoms with E-state index in [1.807, 2.05) is 12.1 Å². The molecule has 0 unspecified atom stereocenters. The third-order valence-corrected chi connectivity index (χ3v) is 10.1. The first kappa shape index (κ1) is 28.0. The van der Waals surface area contributed by atoms with E-state index in [1.165, 1.54) is 46.1 Å². The molecule has 0 amide bonds. The van der Waals surface area contributed by atoms with Gasteiger partial charge in [-0.2, -0.15) is 0 Å². The zero-order valence-corrected chi connectivity index (χ0v) is 23.4. The van der Waals surface area contributed by atoms with Crippen LogP contribution in [0.4, 0.5) is 0 Å². The van der Waals surface area contributed by atoms with E-state index in [-0.39, 0.29) is 24.0 Å². The van der Waals surface area contributed by atoms with Gasteiger partial charge in [0, 0.05) is 40.4 Å². The lowest BCUT2D eigenvalue weighted by atomic mass is 10.0. The van der Waals surface area contributed by atoms with Gasteiger partial charge in [-0.3, -0.25) is 9.59 Å². The Morgan fingerprint density at radius 3 is 1.27 bits per heavy atom. The van der Waals surface area contributed by atoms with E-state index in [9.17, 15) is 39.6 Å². The smallest absolute Gasteiger partial charge is 0.336 e. The standard InChI is InChI=1S/C30H20O8S3/c31-25(32)13-15-11-23(17-5-1-3-7-19(17)29(35)36)40-27(15)21-9-10-22(39-21)28-16(14-26(33)34)12-24(41-28)18-6-2-4-8-20(18)30(37)38/h1-12H,13-14H2,(H,31,32)(H,33,34)(H,35,36)(H,37,38).